The molecule has 1 aromatic heterocycles. The second-order valence-corrected chi connectivity index (χ2v) is 5.79. The van der Waals surface area contributed by atoms with E-state index >= 15 is 0 Å². The molecule has 3 heterocycles. The Bertz CT molecular complexity index is 908. The summed E-state index contributed by atoms with van der Waals surface area (Å²) in [5.74, 6) is 2.19. The number of benzene rings is 2. The van der Waals surface area contributed by atoms with Gasteiger partial charge in [-0.3, -0.25) is 0 Å². The zero-order valence-corrected chi connectivity index (χ0v) is 12.7. The summed E-state index contributed by atoms with van der Waals surface area (Å²) in [6.45, 7) is 0.425. The van der Waals surface area contributed by atoms with E-state index in [1.807, 2.05) is 48.5 Å². The number of para-hydroxylation sites is 2. The van der Waals surface area contributed by atoms with Crippen LogP contribution in [0.5, 0.6) is 11.5 Å². The molecule has 5 heteroatoms. The van der Waals surface area contributed by atoms with Gasteiger partial charge in [-0.25, -0.2) is 15.0 Å². The van der Waals surface area contributed by atoms with Crippen molar-refractivity contribution in [1.29, 1.82) is 0 Å². The highest BCUT2D eigenvalue weighted by Crippen LogP contribution is 2.50. The molecule has 0 amide bonds. The first kappa shape index (κ1) is 13.2. The Morgan fingerprint density at radius 3 is 2.12 bits per heavy atom. The third-order valence-corrected chi connectivity index (χ3v) is 4.40. The van der Waals surface area contributed by atoms with Gasteiger partial charge in [-0.05, 0) is 12.1 Å². The molecule has 2 aliphatic rings. The van der Waals surface area contributed by atoms with Crippen LogP contribution in [0.2, 0.25) is 0 Å². The van der Waals surface area contributed by atoms with Gasteiger partial charge in [0, 0.05) is 23.5 Å². The molecule has 1 spiro atoms. The number of fused-ring (bicyclic) bond motifs is 4. The molecule has 0 N–H and O–H groups in total. The fourth-order valence-corrected chi connectivity index (χ4v) is 3.30. The Labute approximate surface area is 138 Å². The van der Waals surface area contributed by atoms with Gasteiger partial charge >= 0.3 is 0 Å². The number of nitrogens with zero attached hydrogens (tertiary/aromatic N) is 3. The molecule has 24 heavy (non-hydrogen) atoms. The number of rotatable bonds is 1. The maximum atomic E-state index is 6.06. The molecule has 0 unspecified atom stereocenters. The smallest absolute Gasteiger partial charge is 0.220 e. The topological polar surface area (TPSA) is 56.6 Å². The molecule has 0 bridgehead atoms. The molecule has 0 saturated carbocycles. The van der Waals surface area contributed by atoms with Gasteiger partial charge in [-0.1, -0.05) is 36.4 Å². The molecule has 2 aromatic carbocycles. The fraction of sp³-hybridized carbons (Fsp3) is 0.105. The van der Waals surface area contributed by atoms with Gasteiger partial charge < -0.3 is 9.47 Å². The van der Waals surface area contributed by atoms with Crippen molar-refractivity contribution in [1.82, 2.24) is 9.97 Å². The number of hydrogen-bond acceptors (Lipinski definition) is 5. The minimum Gasteiger partial charge on any atom is -0.474 e. The van der Waals surface area contributed by atoms with Crippen LogP contribution in [0.15, 0.2) is 72.2 Å². The van der Waals surface area contributed by atoms with E-state index in [0.717, 1.165) is 28.2 Å². The summed E-state index contributed by atoms with van der Waals surface area (Å²) >= 11 is 0. The highest BCUT2D eigenvalue weighted by atomic mass is 16.5. The van der Waals surface area contributed by atoms with Crippen LogP contribution < -0.4 is 4.74 Å². The van der Waals surface area contributed by atoms with E-state index in [-0.39, 0.29) is 0 Å². The minimum atomic E-state index is -0.601. The summed E-state index contributed by atoms with van der Waals surface area (Å²) in [4.78, 5) is 13.1. The maximum Gasteiger partial charge on any atom is 0.220 e. The van der Waals surface area contributed by atoms with E-state index in [2.05, 4.69) is 9.97 Å². The molecular weight excluding hydrogens is 302 g/mol. The van der Waals surface area contributed by atoms with Crippen molar-refractivity contribution >= 4 is 5.90 Å². The summed E-state index contributed by atoms with van der Waals surface area (Å²) in [5, 5.41) is 0. The van der Waals surface area contributed by atoms with E-state index in [1.54, 1.807) is 12.4 Å². The number of aliphatic imine (C=N–C) groups is 1. The van der Waals surface area contributed by atoms with Crippen LogP contribution in [0, 0.1) is 0 Å². The lowest BCUT2D eigenvalue weighted by Gasteiger charge is -2.33. The summed E-state index contributed by atoms with van der Waals surface area (Å²) < 4.78 is 12.0. The van der Waals surface area contributed by atoms with Crippen molar-refractivity contribution in [3.05, 3.63) is 83.9 Å². The summed E-state index contributed by atoms with van der Waals surface area (Å²) in [6, 6.07) is 15.9. The second kappa shape index (κ2) is 4.89. The first-order chi connectivity index (χ1) is 11.9. The highest BCUT2D eigenvalue weighted by molar-refractivity contribution is 5.95. The predicted molar refractivity (Wildman–Crippen MR) is 88.3 cm³/mol. The van der Waals surface area contributed by atoms with Gasteiger partial charge in [0.05, 0.1) is 5.56 Å². The van der Waals surface area contributed by atoms with Gasteiger partial charge in [0.1, 0.15) is 24.4 Å². The number of ether oxygens (including phenoxy) is 2. The first-order valence-corrected chi connectivity index (χ1v) is 7.72. The Morgan fingerprint density at radius 2 is 1.46 bits per heavy atom. The largest absolute Gasteiger partial charge is 0.474 e. The van der Waals surface area contributed by atoms with Gasteiger partial charge in [0.15, 0.2) is 5.54 Å². The third kappa shape index (κ3) is 1.78. The van der Waals surface area contributed by atoms with Crippen molar-refractivity contribution in [2.45, 2.75) is 5.54 Å². The molecule has 5 nitrogen and oxygen atoms in total. The van der Waals surface area contributed by atoms with Crippen molar-refractivity contribution in [2.75, 3.05) is 6.61 Å². The number of aromatic nitrogens is 2. The molecule has 0 atom stereocenters. The van der Waals surface area contributed by atoms with Crippen LogP contribution in [0.3, 0.4) is 0 Å². The van der Waals surface area contributed by atoms with E-state index in [9.17, 15) is 0 Å². The first-order valence-electron chi connectivity index (χ1n) is 7.72. The lowest BCUT2D eigenvalue weighted by atomic mass is 9.81. The molecule has 3 aromatic rings. The zero-order chi connectivity index (χ0) is 16.0. The fourth-order valence-electron chi connectivity index (χ4n) is 3.30. The zero-order valence-electron chi connectivity index (χ0n) is 12.7. The second-order valence-electron chi connectivity index (χ2n) is 5.79. The summed E-state index contributed by atoms with van der Waals surface area (Å²) in [6.07, 6.45) is 4.91. The molecule has 0 saturated heterocycles. The molecule has 116 valence electrons. The summed E-state index contributed by atoms with van der Waals surface area (Å²) in [7, 11) is 0. The lowest BCUT2D eigenvalue weighted by Crippen LogP contribution is -2.30. The monoisotopic (exact) mass is 315 g/mol. The predicted octanol–water partition coefficient (Wildman–Crippen LogP) is 3.30. The van der Waals surface area contributed by atoms with Crippen molar-refractivity contribution in [3.8, 4) is 11.5 Å². The van der Waals surface area contributed by atoms with Crippen LogP contribution in [0.25, 0.3) is 0 Å². The van der Waals surface area contributed by atoms with E-state index in [0.29, 0.717) is 12.5 Å². The molecule has 2 aliphatic heterocycles. The maximum absolute atomic E-state index is 6.06. The van der Waals surface area contributed by atoms with Crippen molar-refractivity contribution in [2.24, 2.45) is 4.99 Å². The Hall–Kier alpha value is -3.21. The highest BCUT2D eigenvalue weighted by Gasteiger charge is 2.47. The Kier molecular flexibility index (Phi) is 2.70. The quantitative estimate of drug-likeness (QED) is 0.691. The van der Waals surface area contributed by atoms with E-state index < -0.39 is 5.54 Å². The molecule has 5 rings (SSSR count). The van der Waals surface area contributed by atoms with Crippen LogP contribution in [0.4, 0.5) is 0 Å². The van der Waals surface area contributed by atoms with Gasteiger partial charge in [-0.15, -0.1) is 0 Å². The SMILES string of the molecule is c1ccc2c(c1)Oc1ccccc1C21COC(c2cncnc2)=N1. The Morgan fingerprint density at radius 1 is 0.833 bits per heavy atom. The van der Waals surface area contributed by atoms with E-state index in [4.69, 9.17) is 14.5 Å². The van der Waals surface area contributed by atoms with Crippen LogP contribution in [0.1, 0.15) is 16.7 Å². The van der Waals surface area contributed by atoms with Crippen LogP contribution in [-0.4, -0.2) is 22.5 Å². The van der Waals surface area contributed by atoms with Gasteiger partial charge in [0.25, 0.3) is 0 Å². The van der Waals surface area contributed by atoms with Crippen LogP contribution >= 0.6 is 0 Å². The van der Waals surface area contributed by atoms with Gasteiger partial charge in [-0.2, -0.15) is 0 Å². The third-order valence-electron chi connectivity index (χ3n) is 4.40. The van der Waals surface area contributed by atoms with Gasteiger partial charge in [0.2, 0.25) is 5.90 Å². The summed E-state index contributed by atoms with van der Waals surface area (Å²) in [5.41, 5.74) is 2.19. The van der Waals surface area contributed by atoms with Crippen molar-refractivity contribution < 1.29 is 9.47 Å². The lowest BCUT2D eigenvalue weighted by molar-refractivity contribution is 0.267. The number of hydrogen-bond donors (Lipinski definition) is 0. The Balaban J connectivity index is 1.75. The van der Waals surface area contributed by atoms with Crippen molar-refractivity contribution in [3.63, 3.8) is 0 Å². The molecule has 0 radical (unpaired) electrons. The standard InChI is InChI=1S/C19H13N3O2/c1-3-7-16-14(5-1)19(15-6-2-4-8-17(15)24-16)11-23-18(22-19)13-9-20-12-21-10-13/h1-10,12H,11H2. The molecule has 0 fully saturated rings. The van der Waals surface area contributed by atoms with E-state index in [1.165, 1.54) is 6.33 Å². The average Bonchev–Trinajstić information content (AvgIpc) is 3.09. The van der Waals surface area contributed by atoms with Crippen LogP contribution in [-0.2, 0) is 10.3 Å². The normalized spacial score (nSPS) is 16.6. The molecule has 0 aliphatic carbocycles. The minimum absolute atomic E-state index is 0.425. The molecular formula is C19H13N3O2. The average molecular weight is 315 g/mol.